The summed E-state index contributed by atoms with van der Waals surface area (Å²) < 4.78 is 11.2. The lowest BCUT2D eigenvalue weighted by Crippen LogP contribution is -2.18. The smallest absolute Gasteiger partial charge is 0.235 e. The van der Waals surface area contributed by atoms with Gasteiger partial charge in [0.15, 0.2) is 0 Å². The van der Waals surface area contributed by atoms with E-state index in [0.29, 0.717) is 13.2 Å². The zero-order valence-corrected chi connectivity index (χ0v) is 15.1. The molecule has 132 valence electrons. The molecule has 4 heteroatoms. The second-order valence-electron chi connectivity index (χ2n) is 6.34. The van der Waals surface area contributed by atoms with Crippen molar-refractivity contribution < 1.29 is 14.3 Å². The molecule has 0 fully saturated rings. The van der Waals surface area contributed by atoms with Gasteiger partial charge in [0.2, 0.25) is 6.08 Å². The lowest BCUT2D eigenvalue weighted by Gasteiger charge is -2.26. The van der Waals surface area contributed by atoms with Crippen LogP contribution in [0.4, 0.5) is 0 Å². The van der Waals surface area contributed by atoms with E-state index in [2.05, 4.69) is 50.0 Å². The Balaban J connectivity index is 2.06. The topological polar surface area (TPSA) is 47.9 Å². The van der Waals surface area contributed by atoms with E-state index < -0.39 is 0 Å². The minimum atomic E-state index is -0.121. The molecule has 0 radical (unpaired) electrons. The van der Waals surface area contributed by atoms with Crippen molar-refractivity contribution >= 4 is 6.08 Å². The zero-order valence-electron chi connectivity index (χ0n) is 15.1. The summed E-state index contributed by atoms with van der Waals surface area (Å²) in [5, 5.41) is 0. The summed E-state index contributed by atoms with van der Waals surface area (Å²) in [5.74, 6) is 1.67. The maximum atomic E-state index is 10.0. The van der Waals surface area contributed by atoms with E-state index in [9.17, 15) is 4.79 Å². The molecule has 2 rings (SSSR count). The standard InChI is InChI=1S/C21H25NO3/c1-4-14-24-19-9-5-17(6-10-19)21(2,3)18-7-11-20(12-8-18)25-15-13-22-16-23/h5-12H,4,13-15H2,1-3H3. The van der Waals surface area contributed by atoms with Gasteiger partial charge in [-0.1, -0.05) is 45.0 Å². The molecule has 0 spiro atoms. The van der Waals surface area contributed by atoms with Gasteiger partial charge < -0.3 is 9.47 Å². The van der Waals surface area contributed by atoms with E-state index in [1.165, 1.54) is 17.2 Å². The van der Waals surface area contributed by atoms with Crippen LogP contribution in [0.1, 0.15) is 38.3 Å². The van der Waals surface area contributed by atoms with Gasteiger partial charge >= 0.3 is 0 Å². The van der Waals surface area contributed by atoms with Crippen molar-refractivity contribution in [1.29, 1.82) is 0 Å². The van der Waals surface area contributed by atoms with Crippen LogP contribution in [0.2, 0.25) is 0 Å². The van der Waals surface area contributed by atoms with E-state index in [4.69, 9.17) is 9.47 Å². The maximum absolute atomic E-state index is 10.0. The number of nitrogens with zero attached hydrogens (tertiary/aromatic N) is 1. The molecule has 0 aliphatic heterocycles. The van der Waals surface area contributed by atoms with Crippen LogP contribution in [-0.4, -0.2) is 25.8 Å². The number of benzene rings is 2. The summed E-state index contributed by atoms with van der Waals surface area (Å²) in [7, 11) is 0. The Morgan fingerprint density at radius 1 is 0.880 bits per heavy atom. The minimum absolute atomic E-state index is 0.121. The highest BCUT2D eigenvalue weighted by Gasteiger charge is 2.23. The number of ether oxygens (including phenoxy) is 2. The van der Waals surface area contributed by atoms with Gasteiger partial charge in [-0.25, -0.2) is 9.79 Å². The first-order valence-corrected chi connectivity index (χ1v) is 8.58. The second kappa shape index (κ2) is 9.05. The highest BCUT2D eigenvalue weighted by Crippen LogP contribution is 2.33. The normalized spacial score (nSPS) is 10.8. The molecule has 0 amide bonds. The molecular formula is C21H25NO3. The molecule has 0 atom stereocenters. The molecule has 4 nitrogen and oxygen atoms in total. The SMILES string of the molecule is CCCOc1ccc(C(C)(C)c2ccc(OCCN=C=O)cc2)cc1. The van der Waals surface area contributed by atoms with Crippen molar-refractivity contribution in [3.05, 3.63) is 59.7 Å². The Labute approximate surface area is 149 Å². The average molecular weight is 339 g/mol. The Bertz CT molecular complexity index is 699. The van der Waals surface area contributed by atoms with Gasteiger partial charge in [-0.2, -0.15) is 0 Å². The minimum Gasteiger partial charge on any atom is -0.494 e. The quantitative estimate of drug-likeness (QED) is 0.383. The van der Waals surface area contributed by atoms with Crippen LogP contribution in [0, 0.1) is 0 Å². The fourth-order valence-electron chi connectivity index (χ4n) is 2.58. The lowest BCUT2D eigenvalue weighted by atomic mass is 9.78. The highest BCUT2D eigenvalue weighted by molar-refractivity contribution is 5.41. The largest absolute Gasteiger partial charge is 0.494 e. The second-order valence-corrected chi connectivity index (χ2v) is 6.34. The number of carbonyl (C=O) groups excluding carboxylic acids is 1. The molecule has 0 saturated carbocycles. The molecule has 0 saturated heterocycles. The number of hydrogen-bond acceptors (Lipinski definition) is 4. The van der Waals surface area contributed by atoms with Crippen LogP contribution >= 0.6 is 0 Å². The summed E-state index contributed by atoms with van der Waals surface area (Å²) in [6, 6.07) is 16.3. The first-order valence-electron chi connectivity index (χ1n) is 8.58. The molecule has 0 unspecified atom stereocenters. The van der Waals surface area contributed by atoms with Crippen LogP contribution in [0.25, 0.3) is 0 Å². The highest BCUT2D eigenvalue weighted by atomic mass is 16.5. The number of rotatable bonds is 9. The molecule has 0 aliphatic rings. The molecule has 2 aromatic carbocycles. The maximum Gasteiger partial charge on any atom is 0.235 e. The molecular weight excluding hydrogens is 314 g/mol. The van der Waals surface area contributed by atoms with Crippen molar-refractivity contribution in [2.75, 3.05) is 19.8 Å². The van der Waals surface area contributed by atoms with Crippen molar-refractivity contribution in [3.63, 3.8) is 0 Å². The summed E-state index contributed by atoms with van der Waals surface area (Å²) >= 11 is 0. The number of aliphatic imine (C=N–C) groups is 1. The van der Waals surface area contributed by atoms with Gasteiger partial charge in [-0.05, 0) is 41.8 Å². The molecule has 0 aliphatic carbocycles. The Hall–Kier alpha value is -2.58. The zero-order chi connectivity index (χ0) is 18.1. The van der Waals surface area contributed by atoms with Gasteiger partial charge in [0.25, 0.3) is 0 Å². The monoisotopic (exact) mass is 339 g/mol. The van der Waals surface area contributed by atoms with Crippen molar-refractivity contribution in [2.45, 2.75) is 32.6 Å². The van der Waals surface area contributed by atoms with Crippen LogP contribution < -0.4 is 9.47 Å². The van der Waals surface area contributed by atoms with Gasteiger partial charge in [0.05, 0.1) is 13.2 Å². The van der Waals surface area contributed by atoms with Gasteiger partial charge in [0, 0.05) is 5.41 Å². The van der Waals surface area contributed by atoms with E-state index in [0.717, 1.165) is 24.5 Å². The molecule has 0 N–H and O–H groups in total. The van der Waals surface area contributed by atoms with Crippen molar-refractivity contribution in [1.82, 2.24) is 0 Å². The third-order valence-electron chi connectivity index (χ3n) is 4.16. The molecule has 2 aromatic rings. The lowest BCUT2D eigenvalue weighted by molar-refractivity contribution is 0.317. The van der Waals surface area contributed by atoms with E-state index >= 15 is 0 Å². The van der Waals surface area contributed by atoms with Gasteiger partial charge in [0.1, 0.15) is 18.1 Å². The summed E-state index contributed by atoms with van der Waals surface area (Å²) in [5.41, 5.74) is 2.31. The van der Waals surface area contributed by atoms with Gasteiger partial charge in [-0.15, -0.1) is 0 Å². The fourth-order valence-corrected chi connectivity index (χ4v) is 2.58. The third-order valence-corrected chi connectivity index (χ3v) is 4.16. The molecule has 0 heterocycles. The first-order chi connectivity index (χ1) is 12.1. The number of hydrogen-bond donors (Lipinski definition) is 0. The number of isocyanates is 1. The predicted molar refractivity (Wildman–Crippen MR) is 99.3 cm³/mol. The third kappa shape index (κ3) is 5.20. The average Bonchev–Trinajstić information content (AvgIpc) is 2.64. The molecule has 25 heavy (non-hydrogen) atoms. The van der Waals surface area contributed by atoms with E-state index in [1.54, 1.807) is 0 Å². The predicted octanol–water partition coefficient (Wildman–Crippen LogP) is 4.52. The Morgan fingerprint density at radius 2 is 1.36 bits per heavy atom. The summed E-state index contributed by atoms with van der Waals surface area (Å²) in [6.07, 6.45) is 2.51. The summed E-state index contributed by atoms with van der Waals surface area (Å²) in [6.45, 7) is 7.93. The van der Waals surface area contributed by atoms with Crippen LogP contribution in [0.5, 0.6) is 11.5 Å². The molecule has 0 bridgehead atoms. The van der Waals surface area contributed by atoms with Crippen molar-refractivity contribution in [2.24, 2.45) is 4.99 Å². The van der Waals surface area contributed by atoms with E-state index in [-0.39, 0.29) is 5.41 Å². The van der Waals surface area contributed by atoms with Crippen LogP contribution in [0.3, 0.4) is 0 Å². The van der Waals surface area contributed by atoms with Crippen molar-refractivity contribution in [3.8, 4) is 11.5 Å². The summed E-state index contributed by atoms with van der Waals surface area (Å²) in [4.78, 5) is 13.5. The van der Waals surface area contributed by atoms with E-state index in [1.807, 2.05) is 24.3 Å². The fraction of sp³-hybridized carbons (Fsp3) is 0.381. The first kappa shape index (κ1) is 18.8. The Kier molecular flexibility index (Phi) is 6.79. The van der Waals surface area contributed by atoms with Crippen LogP contribution in [-0.2, 0) is 10.2 Å². The molecule has 0 aromatic heterocycles. The Morgan fingerprint density at radius 3 is 1.80 bits per heavy atom. The van der Waals surface area contributed by atoms with Crippen LogP contribution in [0.15, 0.2) is 53.5 Å². The van der Waals surface area contributed by atoms with Gasteiger partial charge in [-0.3, -0.25) is 0 Å².